The fraction of sp³-hybridized carbons (Fsp3) is 0.583. The van der Waals surface area contributed by atoms with Crippen LogP contribution >= 0.6 is 0 Å². The Labute approximate surface area is 200 Å². The standard InChI is InChI=1S/C24H37N5O5/c1-15(2)11-17(22(30)28-21(23(31)25-6)24(3,4)5)20(14-34-29-32)33-13-16-7-8-18-19(12-16)27-10-9-26-18/h7-10,12,15,17,20-21,29,32H,11,13-14H2,1-6H3,(H,25,31)(H,28,30)/t17-,20?,21-/m1/s1. The molecular weight excluding hydrogens is 438 g/mol. The molecule has 4 N–H and O–H groups in total. The molecule has 1 heterocycles. The largest absolute Gasteiger partial charge is 0.370 e. The summed E-state index contributed by atoms with van der Waals surface area (Å²) in [7, 11) is 1.54. The van der Waals surface area contributed by atoms with Gasteiger partial charge in [-0.05, 0) is 35.4 Å². The zero-order chi connectivity index (χ0) is 25.3. The maximum absolute atomic E-state index is 13.4. The van der Waals surface area contributed by atoms with Gasteiger partial charge in [-0.15, -0.1) is 0 Å². The molecule has 0 spiro atoms. The summed E-state index contributed by atoms with van der Waals surface area (Å²) >= 11 is 0. The molecule has 0 radical (unpaired) electrons. The van der Waals surface area contributed by atoms with Crippen molar-refractivity contribution in [3.63, 3.8) is 0 Å². The molecule has 10 heteroatoms. The maximum Gasteiger partial charge on any atom is 0.242 e. The molecule has 10 nitrogen and oxygen atoms in total. The third-order valence-corrected chi connectivity index (χ3v) is 5.48. The zero-order valence-corrected chi connectivity index (χ0v) is 20.8. The molecule has 0 saturated heterocycles. The Balaban J connectivity index is 2.25. The van der Waals surface area contributed by atoms with Crippen molar-refractivity contribution in [3.05, 3.63) is 36.2 Å². The molecule has 2 aromatic rings. The minimum atomic E-state index is -0.726. The van der Waals surface area contributed by atoms with Crippen molar-refractivity contribution in [3.8, 4) is 0 Å². The number of carbonyl (C=O) groups is 2. The number of aromatic nitrogens is 2. The molecule has 3 atom stereocenters. The van der Waals surface area contributed by atoms with Crippen molar-refractivity contribution >= 4 is 22.8 Å². The number of likely N-dealkylation sites (N-methyl/N-ethyl adjacent to an activating group) is 1. The maximum atomic E-state index is 13.4. The first-order chi connectivity index (χ1) is 16.1. The van der Waals surface area contributed by atoms with Crippen molar-refractivity contribution in [1.29, 1.82) is 0 Å². The summed E-state index contributed by atoms with van der Waals surface area (Å²) in [6, 6.07) is 4.90. The van der Waals surface area contributed by atoms with Gasteiger partial charge in [0.25, 0.3) is 0 Å². The minimum Gasteiger partial charge on any atom is -0.370 e. The normalized spacial score (nSPS) is 14.6. The molecule has 0 aliphatic carbocycles. The van der Waals surface area contributed by atoms with Crippen LogP contribution in [-0.4, -0.2) is 52.8 Å². The summed E-state index contributed by atoms with van der Waals surface area (Å²) in [5.41, 5.74) is 3.54. The lowest BCUT2D eigenvalue weighted by atomic mass is 9.84. The first kappa shape index (κ1) is 27.6. The van der Waals surface area contributed by atoms with Crippen LogP contribution < -0.4 is 16.3 Å². The van der Waals surface area contributed by atoms with Crippen LogP contribution in [0.25, 0.3) is 11.0 Å². The number of benzene rings is 1. The van der Waals surface area contributed by atoms with Crippen LogP contribution in [0.15, 0.2) is 30.6 Å². The second-order valence-corrected chi connectivity index (χ2v) is 9.79. The zero-order valence-electron chi connectivity index (χ0n) is 20.8. The number of rotatable bonds is 12. The van der Waals surface area contributed by atoms with Gasteiger partial charge in [-0.25, -0.2) is 0 Å². The highest BCUT2D eigenvalue weighted by molar-refractivity contribution is 5.89. The van der Waals surface area contributed by atoms with Gasteiger partial charge >= 0.3 is 0 Å². The monoisotopic (exact) mass is 475 g/mol. The van der Waals surface area contributed by atoms with Crippen LogP contribution in [0.2, 0.25) is 0 Å². The quantitative estimate of drug-likeness (QED) is 0.344. The van der Waals surface area contributed by atoms with Crippen LogP contribution in [0.3, 0.4) is 0 Å². The van der Waals surface area contributed by atoms with E-state index in [1.807, 2.05) is 52.8 Å². The summed E-state index contributed by atoms with van der Waals surface area (Å²) in [6.07, 6.45) is 3.06. The summed E-state index contributed by atoms with van der Waals surface area (Å²) in [4.78, 5) is 39.5. The molecule has 2 amide bonds. The van der Waals surface area contributed by atoms with E-state index < -0.39 is 23.5 Å². The van der Waals surface area contributed by atoms with Gasteiger partial charge in [0.1, 0.15) is 6.04 Å². The van der Waals surface area contributed by atoms with Crippen molar-refractivity contribution in [2.24, 2.45) is 17.3 Å². The molecule has 1 aromatic heterocycles. The van der Waals surface area contributed by atoms with Crippen LogP contribution in [0.5, 0.6) is 0 Å². The Morgan fingerprint density at radius 1 is 1.09 bits per heavy atom. The van der Waals surface area contributed by atoms with E-state index in [4.69, 9.17) is 14.8 Å². The Morgan fingerprint density at radius 3 is 2.35 bits per heavy atom. The fourth-order valence-electron chi connectivity index (χ4n) is 3.71. The topological polar surface area (TPSA) is 135 Å². The van der Waals surface area contributed by atoms with E-state index in [2.05, 4.69) is 20.6 Å². The van der Waals surface area contributed by atoms with Crippen LogP contribution in [-0.2, 0) is 25.8 Å². The Morgan fingerprint density at radius 2 is 1.76 bits per heavy atom. The van der Waals surface area contributed by atoms with E-state index in [0.717, 1.165) is 16.6 Å². The molecule has 188 valence electrons. The van der Waals surface area contributed by atoms with Gasteiger partial charge in [-0.1, -0.05) is 46.3 Å². The third kappa shape index (κ3) is 7.98. The van der Waals surface area contributed by atoms with Gasteiger partial charge in [0.15, 0.2) is 0 Å². The number of ether oxygens (including phenoxy) is 1. The SMILES string of the molecule is CNC(=O)[C@@H](NC(=O)[C@H](CC(C)C)C(CONO)OCc1ccc2nccnc2c1)C(C)(C)C. The Bertz CT molecular complexity index is 947. The first-order valence-corrected chi connectivity index (χ1v) is 11.4. The molecule has 1 aromatic carbocycles. The Kier molecular flexibility index (Phi) is 10.3. The summed E-state index contributed by atoms with van der Waals surface area (Å²) in [5, 5.41) is 14.5. The van der Waals surface area contributed by atoms with E-state index in [1.54, 1.807) is 25.1 Å². The van der Waals surface area contributed by atoms with E-state index in [9.17, 15) is 9.59 Å². The summed E-state index contributed by atoms with van der Waals surface area (Å²) in [5.74, 6) is -1.03. The molecule has 0 aliphatic heterocycles. The number of hydrogen-bond donors (Lipinski definition) is 4. The van der Waals surface area contributed by atoms with Gasteiger partial charge in [0.05, 0.1) is 36.3 Å². The molecule has 34 heavy (non-hydrogen) atoms. The van der Waals surface area contributed by atoms with E-state index in [-0.39, 0.29) is 30.9 Å². The first-order valence-electron chi connectivity index (χ1n) is 11.4. The second kappa shape index (κ2) is 12.7. The van der Waals surface area contributed by atoms with Gasteiger partial charge < -0.3 is 15.4 Å². The molecule has 0 fully saturated rings. The van der Waals surface area contributed by atoms with Gasteiger partial charge in [0, 0.05) is 19.4 Å². The number of fused-ring (bicyclic) bond motifs is 1. The van der Waals surface area contributed by atoms with Gasteiger partial charge in [-0.3, -0.25) is 29.6 Å². The number of carbonyl (C=O) groups excluding carboxylic acids is 2. The highest BCUT2D eigenvalue weighted by Crippen LogP contribution is 2.24. The average molecular weight is 476 g/mol. The van der Waals surface area contributed by atoms with E-state index in [0.29, 0.717) is 6.42 Å². The molecule has 0 bridgehead atoms. The predicted molar refractivity (Wildman–Crippen MR) is 127 cm³/mol. The average Bonchev–Trinajstić information content (AvgIpc) is 2.79. The van der Waals surface area contributed by atoms with Crippen LogP contribution in [0.4, 0.5) is 0 Å². The number of amides is 2. The highest BCUT2D eigenvalue weighted by atomic mass is 16.8. The lowest BCUT2D eigenvalue weighted by Crippen LogP contribution is -2.55. The molecule has 0 saturated carbocycles. The second-order valence-electron chi connectivity index (χ2n) is 9.79. The van der Waals surface area contributed by atoms with Gasteiger partial charge in [0.2, 0.25) is 11.8 Å². The van der Waals surface area contributed by atoms with Crippen molar-refractivity contribution in [2.75, 3.05) is 13.7 Å². The number of nitrogens with zero attached hydrogens (tertiary/aromatic N) is 2. The smallest absolute Gasteiger partial charge is 0.242 e. The van der Waals surface area contributed by atoms with Crippen molar-refractivity contribution in [1.82, 2.24) is 26.2 Å². The molecule has 1 unspecified atom stereocenters. The minimum absolute atomic E-state index is 0.0746. The van der Waals surface area contributed by atoms with Crippen LogP contribution in [0.1, 0.15) is 46.6 Å². The number of nitrogens with one attached hydrogen (secondary N) is 3. The van der Waals surface area contributed by atoms with Crippen molar-refractivity contribution < 1.29 is 24.4 Å². The van der Waals surface area contributed by atoms with Crippen molar-refractivity contribution in [2.45, 2.75) is 59.8 Å². The summed E-state index contributed by atoms with van der Waals surface area (Å²) < 4.78 is 6.13. The lowest BCUT2D eigenvalue weighted by molar-refractivity contribution is -0.170. The predicted octanol–water partition coefficient (Wildman–Crippen LogP) is 2.36. The number of hydrogen-bond acceptors (Lipinski definition) is 8. The van der Waals surface area contributed by atoms with Crippen LogP contribution in [0, 0.1) is 17.3 Å². The van der Waals surface area contributed by atoms with E-state index in [1.165, 1.54) is 0 Å². The lowest BCUT2D eigenvalue weighted by Gasteiger charge is -2.33. The summed E-state index contributed by atoms with van der Waals surface area (Å²) in [6.45, 7) is 9.80. The van der Waals surface area contributed by atoms with Gasteiger partial charge in [-0.2, -0.15) is 0 Å². The third-order valence-electron chi connectivity index (χ3n) is 5.48. The molecule has 0 aliphatic rings. The molecule has 2 rings (SSSR count). The fourth-order valence-corrected chi connectivity index (χ4v) is 3.71. The Hall–Kier alpha value is -2.66. The molecular formula is C24H37N5O5. The highest BCUT2D eigenvalue weighted by Gasteiger charge is 2.37. The van der Waals surface area contributed by atoms with E-state index >= 15 is 0 Å².